The van der Waals surface area contributed by atoms with E-state index >= 15 is 0 Å². The molecule has 2 nitrogen and oxygen atoms in total. The highest BCUT2D eigenvalue weighted by molar-refractivity contribution is 6.05. The van der Waals surface area contributed by atoms with Crippen molar-refractivity contribution in [3.05, 3.63) is 47.7 Å². The quantitative estimate of drug-likeness (QED) is 0.311. The lowest BCUT2D eigenvalue weighted by Gasteiger charge is -2.00. The number of carbonyl (C=O) groups is 1. The zero-order valence-corrected chi connectivity index (χ0v) is 9.78. The van der Waals surface area contributed by atoms with Crippen LogP contribution in [0.4, 0.5) is 0 Å². The van der Waals surface area contributed by atoms with E-state index in [1.54, 1.807) is 19.1 Å². The van der Waals surface area contributed by atoms with Gasteiger partial charge in [-0.25, -0.2) is 0 Å². The summed E-state index contributed by atoms with van der Waals surface area (Å²) < 4.78 is 5.02. The average Bonchev–Trinajstić information content (AvgIpc) is 2.19. The first-order valence-electron chi connectivity index (χ1n) is 4.05. The summed E-state index contributed by atoms with van der Waals surface area (Å²) in [5.74, 6) is 0.675. The third-order valence-corrected chi connectivity index (χ3v) is 2.36. The molecule has 0 radical (unpaired) electrons. The molecule has 0 atom stereocenters. The molecule has 0 saturated carbocycles. The van der Waals surface area contributed by atoms with Crippen LogP contribution in [0.25, 0.3) is 0 Å². The zero-order valence-electron chi connectivity index (χ0n) is 7.78. The van der Waals surface area contributed by atoms with Gasteiger partial charge in [0.05, 0.1) is 5.76 Å². The van der Waals surface area contributed by atoms with Crippen molar-refractivity contribution < 1.29 is 8.58 Å². The lowest BCUT2D eigenvalue weighted by molar-refractivity contribution is 0.104. The van der Waals surface area contributed by atoms with Crippen molar-refractivity contribution in [1.29, 1.82) is 0 Å². The SMILES string of the molecule is C/C(=C/C(=O)c1ccccc1)[O][AlH2]. The Morgan fingerprint density at radius 2 is 2.00 bits per heavy atom. The first-order chi connectivity index (χ1) is 6.24. The molecule has 1 aromatic carbocycles. The molecule has 0 N–H and O–H groups in total. The Balaban J connectivity index is 2.81. The van der Waals surface area contributed by atoms with Crippen LogP contribution >= 0.6 is 0 Å². The van der Waals surface area contributed by atoms with Gasteiger partial charge in [-0.05, 0) is 6.92 Å². The minimum atomic E-state index is -0.00560. The molecule has 0 bridgehead atoms. The Hall–Kier alpha value is -1.04. The van der Waals surface area contributed by atoms with Gasteiger partial charge in [0.1, 0.15) is 0 Å². The predicted octanol–water partition coefficient (Wildman–Crippen LogP) is 1.34. The van der Waals surface area contributed by atoms with E-state index in [9.17, 15) is 4.79 Å². The first kappa shape index (κ1) is 10.0. The second-order valence-electron chi connectivity index (χ2n) is 2.69. The Labute approximate surface area is 86.0 Å². The molecular weight excluding hydrogens is 179 g/mol. The van der Waals surface area contributed by atoms with Gasteiger partial charge in [0.15, 0.2) is 5.78 Å². The lowest BCUT2D eigenvalue weighted by Crippen LogP contribution is -1.95. The second-order valence-corrected chi connectivity index (χ2v) is 3.10. The van der Waals surface area contributed by atoms with E-state index in [0.29, 0.717) is 27.9 Å². The molecule has 0 aliphatic carbocycles. The minimum absolute atomic E-state index is 0.00560. The highest BCUT2D eigenvalue weighted by Gasteiger charge is 2.00. The van der Waals surface area contributed by atoms with Crippen LogP contribution in [0.2, 0.25) is 0 Å². The van der Waals surface area contributed by atoms with E-state index in [-0.39, 0.29) is 5.78 Å². The summed E-state index contributed by atoms with van der Waals surface area (Å²) in [5.41, 5.74) is 0.695. The Morgan fingerprint density at radius 1 is 1.38 bits per heavy atom. The van der Waals surface area contributed by atoms with Gasteiger partial charge < -0.3 is 3.79 Å². The molecular formula is C10H11AlO2. The largest absolute Gasteiger partial charge is 0.651 e. The van der Waals surface area contributed by atoms with Gasteiger partial charge in [0.2, 0.25) is 0 Å². The number of benzene rings is 1. The number of hydrogen-bond acceptors (Lipinski definition) is 2. The zero-order chi connectivity index (χ0) is 9.68. The molecule has 0 spiro atoms. The Bertz CT molecular complexity index is 317. The molecule has 13 heavy (non-hydrogen) atoms. The van der Waals surface area contributed by atoms with Crippen LogP contribution in [0.5, 0.6) is 0 Å². The van der Waals surface area contributed by atoms with E-state index in [1.807, 2.05) is 18.2 Å². The maximum Gasteiger partial charge on any atom is 0.496 e. The van der Waals surface area contributed by atoms with Gasteiger partial charge in [-0.15, -0.1) is 0 Å². The van der Waals surface area contributed by atoms with Gasteiger partial charge >= 0.3 is 16.6 Å². The number of carbonyl (C=O) groups excluding carboxylic acids is 1. The molecule has 0 heterocycles. The van der Waals surface area contributed by atoms with Gasteiger partial charge in [0, 0.05) is 11.6 Å². The van der Waals surface area contributed by atoms with Crippen LogP contribution in [-0.2, 0) is 3.79 Å². The minimum Gasteiger partial charge on any atom is -0.651 e. The van der Waals surface area contributed by atoms with Crippen molar-refractivity contribution in [3.63, 3.8) is 0 Å². The summed E-state index contributed by atoms with van der Waals surface area (Å²) in [6.07, 6.45) is 1.52. The summed E-state index contributed by atoms with van der Waals surface area (Å²) in [7, 11) is 0. The predicted molar refractivity (Wildman–Crippen MR) is 54.2 cm³/mol. The molecule has 0 aliphatic rings. The number of ketones is 1. The van der Waals surface area contributed by atoms with E-state index in [2.05, 4.69) is 0 Å². The van der Waals surface area contributed by atoms with Crippen LogP contribution in [0.3, 0.4) is 0 Å². The molecule has 0 aromatic heterocycles. The molecule has 0 fully saturated rings. The fourth-order valence-corrected chi connectivity index (χ4v) is 1.05. The summed E-state index contributed by atoms with van der Waals surface area (Å²) in [5, 5.41) is 0. The summed E-state index contributed by atoms with van der Waals surface area (Å²) in [4.78, 5) is 11.5. The van der Waals surface area contributed by atoms with Crippen LogP contribution < -0.4 is 0 Å². The number of allylic oxidation sites excluding steroid dienone is 2. The average molecular weight is 190 g/mol. The third-order valence-electron chi connectivity index (χ3n) is 1.71. The molecule has 0 unspecified atom stereocenters. The molecule has 0 saturated heterocycles. The standard InChI is InChI=1S/C10H10O2.Al.2H/c1-8(11)7-10(12)9-5-3-2-4-6-9;;;/h2-7,11H,1H3;;;/q;+1;;/p-1/b8-7-;;;. The van der Waals surface area contributed by atoms with E-state index in [0.717, 1.165) is 0 Å². The van der Waals surface area contributed by atoms with Crippen molar-refractivity contribution in [3.8, 4) is 0 Å². The van der Waals surface area contributed by atoms with Gasteiger partial charge in [-0.1, -0.05) is 30.3 Å². The van der Waals surface area contributed by atoms with E-state index in [1.165, 1.54) is 6.08 Å². The fourth-order valence-electron chi connectivity index (χ4n) is 0.929. The van der Waals surface area contributed by atoms with Crippen LogP contribution in [0, 0.1) is 0 Å². The highest BCUT2D eigenvalue weighted by Crippen LogP contribution is 2.03. The molecule has 1 rings (SSSR count). The van der Waals surface area contributed by atoms with Crippen LogP contribution in [-0.4, -0.2) is 22.4 Å². The summed E-state index contributed by atoms with van der Waals surface area (Å²) in [6.45, 7) is 1.79. The van der Waals surface area contributed by atoms with E-state index in [4.69, 9.17) is 3.79 Å². The monoisotopic (exact) mass is 190 g/mol. The maximum atomic E-state index is 11.5. The third kappa shape index (κ3) is 3.06. The molecule has 0 amide bonds. The van der Waals surface area contributed by atoms with Crippen molar-refractivity contribution in [2.45, 2.75) is 6.92 Å². The van der Waals surface area contributed by atoms with E-state index < -0.39 is 0 Å². The normalized spacial score (nSPS) is 11.0. The highest BCUT2D eigenvalue weighted by atomic mass is 27.1. The Kier molecular flexibility index (Phi) is 3.76. The first-order valence-corrected chi connectivity index (χ1v) is 4.87. The summed E-state index contributed by atoms with van der Waals surface area (Å²) in [6, 6.07) is 9.16. The topological polar surface area (TPSA) is 26.3 Å². The van der Waals surface area contributed by atoms with Gasteiger partial charge in [0.25, 0.3) is 0 Å². The molecule has 3 heteroatoms. The summed E-state index contributed by atoms with van der Waals surface area (Å²) >= 11 is 0.620. The molecule has 1 aromatic rings. The van der Waals surface area contributed by atoms with Gasteiger partial charge in [-0.3, -0.25) is 4.79 Å². The smallest absolute Gasteiger partial charge is 0.496 e. The van der Waals surface area contributed by atoms with Crippen LogP contribution in [0.15, 0.2) is 42.2 Å². The van der Waals surface area contributed by atoms with Gasteiger partial charge in [-0.2, -0.15) is 0 Å². The van der Waals surface area contributed by atoms with Crippen molar-refractivity contribution in [1.82, 2.24) is 0 Å². The molecule has 0 aliphatic heterocycles. The van der Waals surface area contributed by atoms with Crippen LogP contribution in [0.1, 0.15) is 17.3 Å². The Morgan fingerprint density at radius 3 is 2.54 bits per heavy atom. The van der Waals surface area contributed by atoms with Crippen molar-refractivity contribution in [2.75, 3.05) is 0 Å². The van der Waals surface area contributed by atoms with Crippen molar-refractivity contribution in [2.24, 2.45) is 0 Å². The second kappa shape index (κ2) is 4.86. The number of rotatable bonds is 3. The number of hydrogen-bond donors (Lipinski definition) is 0. The molecule has 66 valence electrons. The lowest BCUT2D eigenvalue weighted by atomic mass is 10.1. The van der Waals surface area contributed by atoms with Crippen molar-refractivity contribution >= 4 is 22.4 Å². The maximum absolute atomic E-state index is 11.5. The fraction of sp³-hybridized carbons (Fsp3) is 0.100.